The molecule has 2 rings (SSSR count). The summed E-state index contributed by atoms with van der Waals surface area (Å²) in [4.78, 5) is 0.303. The maximum atomic E-state index is 12.1. The largest absolute Gasteiger partial charge is 0.384 e. The lowest BCUT2D eigenvalue weighted by atomic mass is 10.2. The van der Waals surface area contributed by atoms with Crippen molar-refractivity contribution in [2.75, 3.05) is 45.3 Å². The Hall–Kier alpha value is -1.15. The first-order valence-corrected chi connectivity index (χ1v) is 8.05. The highest BCUT2D eigenvalue weighted by atomic mass is 32.2. The van der Waals surface area contributed by atoms with Crippen LogP contribution in [0.15, 0.2) is 23.1 Å². The van der Waals surface area contributed by atoms with Crippen molar-refractivity contribution < 1.29 is 17.9 Å². The van der Waals surface area contributed by atoms with Crippen LogP contribution in [0, 0.1) is 0 Å². The summed E-state index contributed by atoms with van der Waals surface area (Å²) >= 11 is 0. The fourth-order valence-corrected chi connectivity index (χ4v) is 3.09. The fourth-order valence-electron chi connectivity index (χ4n) is 2.02. The minimum Gasteiger partial charge on any atom is -0.384 e. The highest BCUT2D eigenvalue weighted by Gasteiger charge is 2.17. The van der Waals surface area contributed by atoms with Crippen molar-refractivity contribution in [1.29, 1.82) is 0 Å². The van der Waals surface area contributed by atoms with Gasteiger partial charge in [0.25, 0.3) is 0 Å². The Kier molecular flexibility index (Phi) is 5.36. The van der Waals surface area contributed by atoms with Gasteiger partial charge in [0.1, 0.15) is 0 Å². The minimum atomic E-state index is -3.46. The van der Waals surface area contributed by atoms with Crippen molar-refractivity contribution in [2.24, 2.45) is 0 Å². The summed E-state index contributed by atoms with van der Waals surface area (Å²) in [6.07, 6.45) is 0.860. The lowest BCUT2D eigenvalue weighted by Gasteiger charge is -2.09. The molecule has 0 amide bonds. The Bertz CT molecular complexity index is 545. The van der Waals surface area contributed by atoms with Crippen LogP contribution >= 0.6 is 0 Å². The topological polar surface area (TPSA) is 76.7 Å². The highest BCUT2D eigenvalue weighted by Crippen LogP contribution is 2.24. The number of hydrogen-bond acceptors (Lipinski definition) is 5. The molecule has 1 aliphatic heterocycles. The van der Waals surface area contributed by atoms with Crippen LogP contribution in [0.25, 0.3) is 0 Å². The van der Waals surface area contributed by atoms with Crippen LogP contribution in [-0.4, -0.2) is 48.4 Å². The van der Waals surface area contributed by atoms with Gasteiger partial charge < -0.3 is 14.8 Å². The summed E-state index contributed by atoms with van der Waals surface area (Å²) in [5, 5.41) is 3.20. The lowest BCUT2D eigenvalue weighted by Crippen LogP contribution is -2.27. The third-order valence-corrected chi connectivity index (χ3v) is 4.53. The molecular weight excluding hydrogens is 280 g/mol. The molecule has 1 aliphatic rings. The zero-order valence-corrected chi connectivity index (χ0v) is 12.3. The molecule has 1 aromatic rings. The number of rotatable bonds is 8. The van der Waals surface area contributed by atoms with E-state index in [1.807, 2.05) is 6.07 Å². The van der Waals surface area contributed by atoms with Gasteiger partial charge >= 0.3 is 0 Å². The van der Waals surface area contributed by atoms with E-state index in [4.69, 9.17) is 9.47 Å². The van der Waals surface area contributed by atoms with Crippen LogP contribution in [0.5, 0.6) is 0 Å². The molecule has 2 N–H and O–H groups in total. The zero-order chi connectivity index (χ0) is 14.4. The van der Waals surface area contributed by atoms with Crippen molar-refractivity contribution in [3.8, 4) is 0 Å². The molecule has 6 nitrogen and oxygen atoms in total. The molecule has 0 atom stereocenters. The number of anilines is 1. The van der Waals surface area contributed by atoms with Crippen molar-refractivity contribution in [3.05, 3.63) is 23.8 Å². The third kappa shape index (κ3) is 3.92. The first kappa shape index (κ1) is 15.2. The Labute approximate surface area is 119 Å². The van der Waals surface area contributed by atoms with Crippen molar-refractivity contribution in [2.45, 2.75) is 11.3 Å². The van der Waals surface area contributed by atoms with Crippen molar-refractivity contribution in [3.63, 3.8) is 0 Å². The minimum absolute atomic E-state index is 0.251. The van der Waals surface area contributed by atoms with E-state index in [0.717, 1.165) is 24.2 Å². The molecule has 1 aromatic carbocycles. The van der Waals surface area contributed by atoms with Crippen LogP contribution in [0.3, 0.4) is 0 Å². The van der Waals surface area contributed by atoms with Gasteiger partial charge in [0, 0.05) is 25.9 Å². The average Bonchev–Trinajstić information content (AvgIpc) is 2.90. The van der Waals surface area contributed by atoms with E-state index in [1.54, 1.807) is 19.2 Å². The molecule has 0 spiro atoms. The Morgan fingerprint density at radius 1 is 1.30 bits per heavy atom. The van der Waals surface area contributed by atoms with E-state index in [2.05, 4.69) is 10.0 Å². The van der Waals surface area contributed by atoms with E-state index >= 15 is 0 Å². The first-order chi connectivity index (χ1) is 9.63. The summed E-state index contributed by atoms with van der Waals surface area (Å²) in [5.74, 6) is 0. The fraction of sp³-hybridized carbons (Fsp3) is 0.538. The molecule has 20 heavy (non-hydrogen) atoms. The van der Waals surface area contributed by atoms with E-state index in [0.29, 0.717) is 24.7 Å². The van der Waals surface area contributed by atoms with Crippen LogP contribution < -0.4 is 10.0 Å². The first-order valence-electron chi connectivity index (χ1n) is 6.56. The van der Waals surface area contributed by atoms with Crippen LogP contribution in [-0.2, 0) is 25.9 Å². The lowest BCUT2D eigenvalue weighted by molar-refractivity contribution is 0.0736. The Morgan fingerprint density at radius 3 is 2.95 bits per heavy atom. The van der Waals surface area contributed by atoms with E-state index in [9.17, 15) is 8.42 Å². The van der Waals surface area contributed by atoms with E-state index < -0.39 is 10.0 Å². The van der Waals surface area contributed by atoms with Gasteiger partial charge in [0.15, 0.2) is 0 Å². The molecule has 0 bridgehead atoms. The van der Waals surface area contributed by atoms with Gasteiger partial charge in [-0.05, 0) is 30.2 Å². The highest BCUT2D eigenvalue weighted by molar-refractivity contribution is 7.89. The standard InChI is InChI=1S/C13H20N2O4S/c1-18-8-9-19-7-6-15-20(16,17)12-2-3-13-11(10-12)4-5-14-13/h2-3,10,14-15H,4-9H2,1H3. The second-order valence-electron chi connectivity index (χ2n) is 4.50. The smallest absolute Gasteiger partial charge is 0.240 e. The second kappa shape index (κ2) is 7.03. The predicted molar refractivity (Wildman–Crippen MR) is 76.5 cm³/mol. The summed E-state index contributed by atoms with van der Waals surface area (Å²) in [6, 6.07) is 5.15. The SMILES string of the molecule is COCCOCCNS(=O)(=O)c1ccc2c(c1)CCN2. The number of nitrogens with one attached hydrogen (secondary N) is 2. The molecular formula is C13H20N2O4S. The number of fused-ring (bicyclic) bond motifs is 1. The Balaban J connectivity index is 1.87. The summed E-state index contributed by atoms with van der Waals surface area (Å²) in [7, 11) is -1.87. The molecule has 7 heteroatoms. The van der Waals surface area contributed by atoms with Gasteiger partial charge in [0.2, 0.25) is 10.0 Å². The maximum absolute atomic E-state index is 12.1. The zero-order valence-electron chi connectivity index (χ0n) is 11.5. The number of ether oxygens (including phenoxy) is 2. The van der Waals surface area contributed by atoms with Gasteiger partial charge in [-0.1, -0.05) is 0 Å². The summed E-state index contributed by atoms with van der Waals surface area (Å²) < 4.78 is 36.8. The van der Waals surface area contributed by atoms with E-state index in [-0.39, 0.29) is 6.54 Å². The molecule has 0 aromatic heterocycles. The number of methoxy groups -OCH3 is 1. The van der Waals surface area contributed by atoms with Crippen LogP contribution in [0.4, 0.5) is 5.69 Å². The number of benzene rings is 1. The van der Waals surface area contributed by atoms with Gasteiger partial charge in [-0.3, -0.25) is 0 Å². The van der Waals surface area contributed by atoms with Crippen LogP contribution in [0.1, 0.15) is 5.56 Å². The maximum Gasteiger partial charge on any atom is 0.240 e. The van der Waals surface area contributed by atoms with Crippen LogP contribution in [0.2, 0.25) is 0 Å². The molecule has 0 unspecified atom stereocenters. The normalized spacial score (nSPS) is 14.1. The molecule has 0 fully saturated rings. The van der Waals surface area contributed by atoms with Gasteiger partial charge in [0.05, 0.1) is 24.7 Å². The predicted octanol–water partition coefficient (Wildman–Crippen LogP) is 0.596. The van der Waals surface area contributed by atoms with Crippen molar-refractivity contribution >= 4 is 15.7 Å². The average molecular weight is 300 g/mol. The van der Waals surface area contributed by atoms with Gasteiger partial charge in [-0.15, -0.1) is 0 Å². The molecule has 0 saturated heterocycles. The second-order valence-corrected chi connectivity index (χ2v) is 6.27. The quantitative estimate of drug-likeness (QED) is 0.687. The monoisotopic (exact) mass is 300 g/mol. The molecule has 1 heterocycles. The molecule has 0 aliphatic carbocycles. The molecule has 0 saturated carbocycles. The molecule has 0 radical (unpaired) electrons. The van der Waals surface area contributed by atoms with E-state index in [1.165, 1.54) is 0 Å². The van der Waals surface area contributed by atoms with Crippen molar-refractivity contribution in [1.82, 2.24) is 4.72 Å². The third-order valence-electron chi connectivity index (χ3n) is 3.07. The van der Waals surface area contributed by atoms with Gasteiger partial charge in [-0.25, -0.2) is 13.1 Å². The summed E-state index contributed by atoms with van der Waals surface area (Å²) in [6.45, 7) is 2.41. The number of sulfonamides is 1. The Morgan fingerprint density at radius 2 is 2.15 bits per heavy atom. The van der Waals surface area contributed by atoms with Gasteiger partial charge in [-0.2, -0.15) is 0 Å². The molecule has 112 valence electrons. The number of hydrogen-bond donors (Lipinski definition) is 2. The summed E-state index contributed by atoms with van der Waals surface area (Å²) in [5.41, 5.74) is 2.07.